The molecule has 0 aliphatic heterocycles. The van der Waals surface area contributed by atoms with Gasteiger partial charge in [0.25, 0.3) is 0 Å². The summed E-state index contributed by atoms with van der Waals surface area (Å²) in [5.41, 5.74) is 16.8. The molecular weight excluding hydrogens is 765 g/mol. The summed E-state index contributed by atoms with van der Waals surface area (Å²) in [4.78, 5) is 10.6. The first-order valence-corrected chi connectivity index (χ1v) is 21.5. The van der Waals surface area contributed by atoms with Crippen LogP contribution >= 0.6 is 0 Å². The van der Waals surface area contributed by atoms with Crippen LogP contribution in [-0.2, 0) is 10.8 Å². The molecule has 0 amide bonds. The van der Waals surface area contributed by atoms with E-state index in [1.54, 1.807) is 0 Å². The smallest absolute Gasteiger partial charge is 0.127 e. The van der Waals surface area contributed by atoms with Gasteiger partial charge in [-0.2, -0.15) is 0 Å². The molecule has 10 aromatic rings. The fraction of sp³-hybridized carbons (Fsp3) is 0.0333. The lowest BCUT2D eigenvalue weighted by molar-refractivity contribution is 0.480. The SMILES string of the molecule is c1ccc(-c2ccc(C3(c4ccccc4)c4ccccc4-c4ccc(Oc5ccc6c(c5)C(c5ccccc5)(c5ccc(-c7ccccc7)cn5)c5ccccc5-6)cc43)nc2)cc1. The van der Waals surface area contributed by atoms with Gasteiger partial charge in [0.2, 0.25) is 0 Å². The predicted octanol–water partition coefficient (Wildman–Crippen LogP) is 14.3. The number of fused-ring (bicyclic) bond motifs is 6. The minimum atomic E-state index is -0.679. The Bertz CT molecular complexity index is 3050. The third kappa shape index (κ3) is 5.67. The van der Waals surface area contributed by atoms with E-state index in [9.17, 15) is 0 Å². The maximum absolute atomic E-state index is 7.07. The maximum atomic E-state index is 7.07. The third-order valence-electron chi connectivity index (χ3n) is 13.2. The summed E-state index contributed by atoms with van der Waals surface area (Å²) in [6, 6.07) is 82.0. The zero-order valence-electron chi connectivity index (χ0n) is 34.4. The van der Waals surface area contributed by atoms with Gasteiger partial charge in [-0.1, -0.05) is 194 Å². The Labute approximate surface area is 367 Å². The van der Waals surface area contributed by atoms with Crippen molar-refractivity contribution in [2.75, 3.05) is 0 Å². The Hall–Kier alpha value is -8.14. The van der Waals surface area contributed by atoms with Crippen LogP contribution in [0.25, 0.3) is 44.5 Å². The molecule has 8 aromatic carbocycles. The van der Waals surface area contributed by atoms with Gasteiger partial charge in [-0.05, 0) is 103 Å². The number of nitrogens with zero attached hydrogens (tertiary/aromatic N) is 2. The van der Waals surface area contributed by atoms with Crippen LogP contribution in [0.1, 0.15) is 44.8 Å². The highest BCUT2D eigenvalue weighted by molar-refractivity contribution is 5.88. The molecule has 0 saturated heterocycles. The number of benzene rings is 8. The summed E-state index contributed by atoms with van der Waals surface area (Å²) in [7, 11) is 0. The van der Waals surface area contributed by atoms with E-state index >= 15 is 0 Å². The molecule has 0 radical (unpaired) electrons. The number of aromatic nitrogens is 2. The van der Waals surface area contributed by atoms with Crippen molar-refractivity contribution in [2.24, 2.45) is 0 Å². The van der Waals surface area contributed by atoms with E-state index in [4.69, 9.17) is 14.7 Å². The molecule has 2 aliphatic rings. The molecule has 0 fully saturated rings. The Balaban J connectivity index is 1.01. The maximum Gasteiger partial charge on any atom is 0.127 e. The fourth-order valence-electron chi connectivity index (χ4n) is 10.5. The van der Waals surface area contributed by atoms with Crippen molar-refractivity contribution in [3.63, 3.8) is 0 Å². The second kappa shape index (κ2) is 14.8. The quantitative estimate of drug-likeness (QED) is 0.153. The Morgan fingerprint density at radius 1 is 0.286 bits per heavy atom. The van der Waals surface area contributed by atoms with Gasteiger partial charge in [0, 0.05) is 23.5 Å². The molecule has 0 bridgehead atoms. The van der Waals surface area contributed by atoms with Gasteiger partial charge in [0.1, 0.15) is 11.5 Å². The van der Waals surface area contributed by atoms with E-state index in [2.05, 4.69) is 218 Å². The third-order valence-corrected chi connectivity index (χ3v) is 13.2. The molecule has 2 aromatic heterocycles. The van der Waals surface area contributed by atoms with E-state index in [1.807, 2.05) is 24.5 Å². The van der Waals surface area contributed by atoms with Crippen LogP contribution in [0.5, 0.6) is 11.5 Å². The summed E-state index contributed by atoms with van der Waals surface area (Å²) < 4.78 is 7.07. The van der Waals surface area contributed by atoms with Gasteiger partial charge in [0.05, 0.1) is 22.2 Å². The summed E-state index contributed by atoms with van der Waals surface area (Å²) >= 11 is 0. The van der Waals surface area contributed by atoms with Crippen molar-refractivity contribution in [1.29, 1.82) is 0 Å². The highest BCUT2D eigenvalue weighted by Gasteiger charge is 2.49. The lowest BCUT2D eigenvalue weighted by atomic mass is 9.69. The molecule has 63 heavy (non-hydrogen) atoms. The molecular formula is C60H40N2O. The molecule has 296 valence electrons. The second-order valence-corrected chi connectivity index (χ2v) is 16.4. The van der Waals surface area contributed by atoms with Gasteiger partial charge >= 0.3 is 0 Å². The molecule has 2 unspecified atom stereocenters. The number of hydrogen-bond acceptors (Lipinski definition) is 3. The Kier molecular flexibility index (Phi) is 8.62. The van der Waals surface area contributed by atoms with E-state index < -0.39 is 10.8 Å². The van der Waals surface area contributed by atoms with Crippen LogP contribution < -0.4 is 4.74 Å². The van der Waals surface area contributed by atoms with Crippen LogP contribution in [-0.4, -0.2) is 9.97 Å². The number of rotatable bonds is 8. The topological polar surface area (TPSA) is 35.0 Å². The van der Waals surface area contributed by atoms with Crippen LogP contribution in [0.2, 0.25) is 0 Å². The monoisotopic (exact) mass is 804 g/mol. The molecule has 0 spiro atoms. The second-order valence-electron chi connectivity index (χ2n) is 16.4. The van der Waals surface area contributed by atoms with Crippen molar-refractivity contribution < 1.29 is 4.74 Å². The van der Waals surface area contributed by atoms with E-state index in [1.165, 1.54) is 33.4 Å². The van der Waals surface area contributed by atoms with E-state index in [0.717, 1.165) is 67.4 Å². The molecule has 0 saturated carbocycles. The zero-order chi connectivity index (χ0) is 41.8. The molecule has 3 heteroatoms. The van der Waals surface area contributed by atoms with Crippen molar-refractivity contribution in [1.82, 2.24) is 9.97 Å². The molecule has 2 atom stereocenters. The highest BCUT2D eigenvalue weighted by atomic mass is 16.5. The van der Waals surface area contributed by atoms with E-state index in [-0.39, 0.29) is 0 Å². The fourth-order valence-corrected chi connectivity index (χ4v) is 10.5. The molecule has 0 N–H and O–H groups in total. The first-order valence-electron chi connectivity index (χ1n) is 21.5. The Morgan fingerprint density at radius 2 is 0.651 bits per heavy atom. The summed E-state index contributed by atoms with van der Waals surface area (Å²) in [5, 5.41) is 0. The van der Waals surface area contributed by atoms with Crippen LogP contribution in [0, 0.1) is 0 Å². The number of ether oxygens (including phenoxy) is 1. The Morgan fingerprint density at radius 3 is 1.05 bits per heavy atom. The minimum Gasteiger partial charge on any atom is -0.457 e. The number of pyridine rings is 2. The summed E-state index contributed by atoms with van der Waals surface area (Å²) in [6.45, 7) is 0. The van der Waals surface area contributed by atoms with Crippen molar-refractivity contribution in [3.8, 4) is 56.0 Å². The molecule has 2 aliphatic carbocycles. The van der Waals surface area contributed by atoms with Crippen LogP contribution in [0.3, 0.4) is 0 Å². The van der Waals surface area contributed by atoms with Crippen molar-refractivity contribution >= 4 is 0 Å². The van der Waals surface area contributed by atoms with Gasteiger partial charge < -0.3 is 4.74 Å². The van der Waals surface area contributed by atoms with Gasteiger partial charge in [-0.3, -0.25) is 9.97 Å². The van der Waals surface area contributed by atoms with Crippen molar-refractivity contribution in [2.45, 2.75) is 10.8 Å². The number of hydrogen-bond donors (Lipinski definition) is 0. The molecule has 12 rings (SSSR count). The normalized spacial score (nSPS) is 16.7. The van der Waals surface area contributed by atoms with Gasteiger partial charge in [-0.25, -0.2) is 0 Å². The summed E-state index contributed by atoms with van der Waals surface area (Å²) in [5.74, 6) is 1.52. The van der Waals surface area contributed by atoms with Crippen LogP contribution in [0.15, 0.2) is 243 Å². The van der Waals surface area contributed by atoms with Crippen LogP contribution in [0.4, 0.5) is 0 Å². The van der Waals surface area contributed by atoms with Gasteiger partial charge in [0.15, 0.2) is 0 Å². The lowest BCUT2D eigenvalue weighted by Gasteiger charge is -2.33. The first kappa shape index (κ1) is 36.7. The molecule has 2 heterocycles. The predicted molar refractivity (Wildman–Crippen MR) is 254 cm³/mol. The van der Waals surface area contributed by atoms with Gasteiger partial charge in [-0.15, -0.1) is 0 Å². The first-order chi connectivity index (χ1) is 31.2. The average molecular weight is 805 g/mol. The summed E-state index contributed by atoms with van der Waals surface area (Å²) in [6.07, 6.45) is 4.03. The van der Waals surface area contributed by atoms with E-state index in [0.29, 0.717) is 0 Å². The minimum absolute atomic E-state index is 0.679. The lowest BCUT2D eigenvalue weighted by Crippen LogP contribution is -2.29. The zero-order valence-corrected chi connectivity index (χ0v) is 34.4. The molecule has 3 nitrogen and oxygen atoms in total. The van der Waals surface area contributed by atoms with Crippen molar-refractivity contribution in [3.05, 3.63) is 288 Å². The largest absolute Gasteiger partial charge is 0.457 e. The highest BCUT2D eigenvalue weighted by Crippen LogP contribution is 2.58. The standard InChI is InChI=1S/C60H40N2O/c1-5-17-41(18-6-1)43-29-35-57(61-39-43)59(45-21-9-3-10-22-45)53-27-15-13-25-49(53)51-33-31-47(37-55(51)59)63-48-32-34-52-50-26-14-16-28-54(50)60(56(52)38-48,46-23-11-4-12-24-46)58-36-30-44(40-62-58)42-19-7-2-8-20-42/h1-40H. The average Bonchev–Trinajstić information content (AvgIpc) is 3.83.